The van der Waals surface area contributed by atoms with E-state index in [9.17, 15) is 9.59 Å². The Morgan fingerprint density at radius 1 is 1.11 bits per heavy atom. The Morgan fingerprint density at radius 3 is 2.50 bits per heavy atom. The molecule has 2 heterocycles. The third-order valence-corrected chi connectivity index (χ3v) is 5.77. The molecular weight excluding hydrogens is 354 g/mol. The molecule has 28 heavy (non-hydrogen) atoms. The summed E-state index contributed by atoms with van der Waals surface area (Å²) in [6.45, 7) is 6.48. The Hall–Kier alpha value is -2.08. The van der Waals surface area contributed by atoms with Gasteiger partial charge in [-0.2, -0.15) is 0 Å². The number of hydrogen-bond acceptors (Lipinski definition) is 4. The summed E-state index contributed by atoms with van der Waals surface area (Å²) in [5, 5.41) is 3.01. The number of nitrogens with zero attached hydrogens (tertiary/aromatic N) is 1. The fraction of sp³-hybridized carbons (Fsp3) is 0.636. The second-order valence-corrected chi connectivity index (χ2v) is 7.97. The van der Waals surface area contributed by atoms with Gasteiger partial charge < -0.3 is 19.9 Å². The highest BCUT2D eigenvalue weighted by atomic mass is 16.5. The van der Waals surface area contributed by atoms with E-state index >= 15 is 0 Å². The van der Waals surface area contributed by atoms with Gasteiger partial charge in [0.05, 0.1) is 19.7 Å². The first-order valence-corrected chi connectivity index (χ1v) is 10.8. The Morgan fingerprint density at radius 2 is 1.82 bits per heavy atom. The number of hydrogen-bond donors (Lipinski definition) is 2. The Balaban J connectivity index is 1.48. The summed E-state index contributed by atoms with van der Waals surface area (Å²) in [4.78, 5) is 28.0. The van der Waals surface area contributed by atoms with Crippen LogP contribution in [-0.2, 0) is 14.3 Å². The van der Waals surface area contributed by atoms with Crippen LogP contribution in [0.2, 0.25) is 0 Å². The summed E-state index contributed by atoms with van der Waals surface area (Å²) in [5.74, 6) is -0.198. The van der Waals surface area contributed by atoms with Gasteiger partial charge in [-0.25, -0.2) is 0 Å². The number of benzene rings is 1. The quantitative estimate of drug-likeness (QED) is 0.731. The number of esters is 1. The number of amides is 1. The Labute approximate surface area is 168 Å². The minimum absolute atomic E-state index is 0.00188. The maximum absolute atomic E-state index is 12.5. The molecule has 0 radical (unpaired) electrons. The second kappa shape index (κ2) is 10.5. The van der Waals surface area contributed by atoms with Crippen molar-refractivity contribution in [2.45, 2.75) is 45.4 Å². The SMILES string of the molecule is CCOC(=O)[C@@H]1CCC[NH+](CC(=O)Nc2ccc(N3CCCCCC3)cc2)C1. The molecule has 2 saturated heterocycles. The molecule has 0 aliphatic carbocycles. The lowest BCUT2D eigenvalue weighted by Gasteiger charge is -2.28. The van der Waals surface area contributed by atoms with Crippen LogP contribution in [0.1, 0.15) is 45.4 Å². The molecule has 6 nitrogen and oxygen atoms in total. The van der Waals surface area contributed by atoms with Crippen molar-refractivity contribution >= 4 is 23.3 Å². The molecule has 0 saturated carbocycles. The number of likely N-dealkylation sites (tertiary alicyclic amines) is 1. The van der Waals surface area contributed by atoms with Crippen molar-refractivity contribution < 1.29 is 19.2 Å². The van der Waals surface area contributed by atoms with Gasteiger partial charge in [0.25, 0.3) is 5.91 Å². The summed E-state index contributed by atoms with van der Waals surface area (Å²) >= 11 is 0. The molecule has 2 fully saturated rings. The van der Waals surface area contributed by atoms with Gasteiger partial charge in [0, 0.05) is 24.5 Å². The molecule has 0 bridgehead atoms. The van der Waals surface area contributed by atoms with Gasteiger partial charge in [-0.3, -0.25) is 9.59 Å². The monoisotopic (exact) mass is 388 g/mol. The van der Waals surface area contributed by atoms with Gasteiger partial charge in [0.2, 0.25) is 0 Å². The van der Waals surface area contributed by atoms with Crippen LogP contribution in [0.4, 0.5) is 11.4 Å². The average Bonchev–Trinajstić information content (AvgIpc) is 2.98. The first-order valence-electron chi connectivity index (χ1n) is 10.8. The van der Waals surface area contributed by atoms with Crippen LogP contribution < -0.4 is 15.1 Å². The van der Waals surface area contributed by atoms with Gasteiger partial charge in [0.15, 0.2) is 6.54 Å². The maximum atomic E-state index is 12.5. The van der Waals surface area contributed by atoms with Crippen molar-refractivity contribution in [3.05, 3.63) is 24.3 Å². The minimum atomic E-state index is -0.121. The van der Waals surface area contributed by atoms with E-state index in [4.69, 9.17) is 4.74 Å². The molecule has 1 aromatic rings. The largest absolute Gasteiger partial charge is 0.466 e. The lowest BCUT2D eigenvalue weighted by molar-refractivity contribution is -0.899. The van der Waals surface area contributed by atoms with Crippen molar-refractivity contribution in [3.63, 3.8) is 0 Å². The van der Waals surface area contributed by atoms with Gasteiger partial charge in [-0.15, -0.1) is 0 Å². The predicted molar refractivity (Wildman–Crippen MR) is 111 cm³/mol. The highest BCUT2D eigenvalue weighted by molar-refractivity contribution is 5.91. The fourth-order valence-corrected chi connectivity index (χ4v) is 4.29. The highest BCUT2D eigenvalue weighted by Crippen LogP contribution is 2.21. The second-order valence-electron chi connectivity index (χ2n) is 7.97. The molecule has 2 aliphatic rings. The topological polar surface area (TPSA) is 63.1 Å². The molecule has 1 unspecified atom stereocenters. The smallest absolute Gasteiger partial charge is 0.314 e. The number of ether oxygens (including phenoxy) is 1. The first kappa shape index (κ1) is 20.6. The van der Waals surface area contributed by atoms with Crippen LogP contribution in [0.3, 0.4) is 0 Å². The van der Waals surface area contributed by atoms with E-state index in [2.05, 4.69) is 22.3 Å². The number of nitrogens with one attached hydrogen (secondary N) is 2. The predicted octanol–water partition coefficient (Wildman–Crippen LogP) is 1.86. The molecule has 3 rings (SSSR count). The summed E-state index contributed by atoms with van der Waals surface area (Å²) in [6, 6.07) is 8.19. The van der Waals surface area contributed by atoms with Crippen LogP contribution in [0.25, 0.3) is 0 Å². The van der Waals surface area contributed by atoms with E-state index in [-0.39, 0.29) is 17.8 Å². The van der Waals surface area contributed by atoms with Gasteiger partial charge in [-0.05, 0) is 56.9 Å². The number of quaternary nitrogens is 1. The molecule has 1 amide bonds. The zero-order valence-electron chi connectivity index (χ0n) is 17.0. The standard InChI is InChI=1S/C22H33N3O3/c1-2-28-22(27)18-8-7-13-24(16-18)17-21(26)23-19-9-11-20(12-10-19)25-14-5-3-4-6-15-25/h9-12,18H,2-8,13-17H2,1H3,(H,23,26)/p+1/t18-/m1/s1. The zero-order valence-corrected chi connectivity index (χ0v) is 17.0. The van der Waals surface area contributed by atoms with E-state index in [1.165, 1.54) is 31.4 Å². The third-order valence-electron chi connectivity index (χ3n) is 5.77. The number of anilines is 2. The van der Waals surface area contributed by atoms with Gasteiger partial charge in [0.1, 0.15) is 5.92 Å². The van der Waals surface area contributed by atoms with E-state index in [1.807, 2.05) is 19.1 Å². The van der Waals surface area contributed by atoms with Crippen molar-refractivity contribution in [2.75, 3.05) is 49.5 Å². The first-order chi connectivity index (χ1) is 13.7. The maximum Gasteiger partial charge on any atom is 0.314 e. The molecule has 1 aromatic carbocycles. The molecule has 2 N–H and O–H groups in total. The summed E-state index contributed by atoms with van der Waals surface area (Å²) in [6.07, 6.45) is 6.97. The normalized spacial score (nSPS) is 23.0. The van der Waals surface area contributed by atoms with Crippen LogP contribution in [0.5, 0.6) is 0 Å². The van der Waals surface area contributed by atoms with Crippen molar-refractivity contribution in [3.8, 4) is 0 Å². The van der Waals surface area contributed by atoms with Gasteiger partial charge in [-0.1, -0.05) is 12.8 Å². The van der Waals surface area contributed by atoms with Gasteiger partial charge >= 0.3 is 5.97 Å². The fourth-order valence-electron chi connectivity index (χ4n) is 4.29. The average molecular weight is 389 g/mol. The van der Waals surface area contributed by atoms with Crippen LogP contribution in [-0.4, -0.2) is 51.2 Å². The Kier molecular flexibility index (Phi) is 7.71. The molecule has 2 aliphatic heterocycles. The lowest BCUT2D eigenvalue weighted by Crippen LogP contribution is -3.14. The third kappa shape index (κ3) is 5.96. The lowest BCUT2D eigenvalue weighted by atomic mass is 9.98. The molecule has 154 valence electrons. The molecular formula is C22H34N3O3+. The molecule has 2 atom stereocenters. The van der Waals surface area contributed by atoms with Crippen molar-refractivity contribution in [1.82, 2.24) is 0 Å². The van der Waals surface area contributed by atoms with Crippen molar-refractivity contribution in [2.24, 2.45) is 5.92 Å². The zero-order chi connectivity index (χ0) is 19.8. The van der Waals surface area contributed by atoms with Crippen molar-refractivity contribution in [1.29, 1.82) is 0 Å². The Bertz CT molecular complexity index is 639. The molecule has 0 aromatic heterocycles. The van der Waals surface area contributed by atoms with Crippen LogP contribution in [0.15, 0.2) is 24.3 Å². The number of carbonyl (C=O) groups excluding carboxylic acids is 2. The van der Waals surface area contributed by atoms with E-state index in [0.717, 1.165) is 43.1 Å². The summed E-state index contributed by atoms with van der Waals surface area (Å²) < 4.78 is 5.14. The summed E-state index contributed by atoms with van der Waals surface area (Å²) in [7, 11) is 0. The van der Waals surface area contributed by atoms with Crippen LogP contribution in [0, 0.1) is 5.92 Å². The number of rotatable bonds is 6. The van der Waals surface area contributed by atoms with E-state index in [0.29, 0.717) is 19.7 Å². The number of carbonyl (C=O) groups is 2. The highest BCUT2D eigenvalue weighted by Gasteiger charge is 2.30. The summed E-state index contributed by atoms with van der Waals surface area (Å²) in [5.41, 5.74) is 2.07. The minimum Gasteiger partial charge on any atom is -0.466 e. The molecule has 0 spiro atoms. The van der Waals surface area contributed by atoms with Crippen LogP contribution >= 0.6 is 0 Å². The van der Waals surface area contributed by atoms with E-state index in [1.54, 1.807) is 0 Å². The number of piperidine rings is 1. The van der Waals surface area contributed by atoms with E-state index < -0.39 is 0 Å². The molecule has 6 heteroatoms.